The number of piperidine rings is 1. The van der Waals surface area contributed by atoms with Crippen LogP contribution >= 0.6 is 11.9 Å². The van der Waals surface area contributed by atoms with Crippen molar-refractivity contribution < 1.29 is 17.9 Å². The molecule has 5 nitrogen and oxygen atoms in total. The zero-order valence-corrected chi connectivity index (χ0v) is 20.6. The van der Waals surface area contributed by atoms with Crippen LogP contribution in [0.5, 0.6) is 5.88 Å². The van der Waals surface area contributed by atoms with E-state index in [1.807, 2.05) is 29.1 Å². The zero-order chi connectivity index (χ0) is 25.4. The number of fused-ring (bicyclic) bond motifs is 2. The summed E-state index contributed by atoms with van der Waals surface area (Å²) >= 11 is 1.35. The molecule has 0 amide bonds. The van der Waals surface area contributed by atoms with E-state index < -0.39 is 11.6 Å². The first-order chi connectivity index (χ1) is 18.0. The van der Waals surface area contributed by atoms with Crippen LogP contribution in [0.4, 0.5) is 13.2 Å². The molecule has 2 aromatic carbocycles. The highest BCUT2D eigenvalue weighted by atomic mass is 32.2. The number of benzene rings is 2. The number of aromatic nitrogens is 3. The second kappa shape index (κ2) is 9.72. The van der Waals surface area contributed by atoms with Crippen LogP contribution in [0.3, 0.4) is 0 Å². The first kappa shape index (κ1) is 23.8. The van der Waals surface area contributed by atoms with E-state index in [9.17, 15) is 13.2 Å². The monoisotopic (exact) mass is 520 g/mol. The topological polar surface area (TPSA) is 43.2 Å². The molecule has 0 unspecified atom stereocenters. The Kier molecular flexibility index (Phi) is 6.26. The molecule has 37 heavy (non-hydrogen) atoms. The molecular weight excluding hydrogens is 497 g/mol. The van der Waals surface area contributed by atoms with Crippen LogP contribution in [-0.2, 0) is 6.42 Å². The normalized spacial score (nSPS) is 19.2. The fourth-order valence-corrected chi connectivity index (χ4v) is 6.19. The van der Waals surface area contributed by atoms with Gasteiger partial charge in [0.15, 0.2) is 0 Å². The Balaban J connectivity index is 1.32. The predicted molar refractivity (Wildman–Crippen MR) is 136 cm³/mol. The van der Waals surface area contributed by atoms with Gasteiger partial charge in [0.1, 0.15) is 24.1 Å². The second-order valence-corrected chi connectivity index (χ2v) is 10.5. The van der Waals surface area contributed by atoms with Gasteiger partial charge in [0.25, 0.3) is 0 Å². The van der Waals surface area contributed by atoms with Crippen LogP contribution in [0.15, 0.2) is 83.5 Å². The predicted octanol–water partition coefficient (Wildman–Crippen LogP) is 6.10. The second-order valence-electron chi connectivity index (χ2n) is 9.34. The Morgan fingerprint density at radius 2 is 1.78 bits per heavy atom. The molecule has 0 spiro atoms. The first-order valence-corrected chi connectivity index (χ1v) is 12.7. The number of halogens is 3. The maximum absolute atomic E-state index is 13.8. The molecule has 0 saturated carbocycles. The van der Waals surface area contributed by atoms with Crippen LogP contribution in [0.2, 0.25) is 0 Å². The zero-order valence-electron chi connectivity index (χ0n) is 19.8. The van der Waals surface area contributed by atoms with E-state index >= 15 is 0 Å². The molecule has 2 aliphatic rings. The summed E-state index contributed by atoms with van der Waals surface area (Å²) in [7, 11) is 0. The summed E-state index contributed by atoms with van der Waals surface area (Å²) in [4.78, 5) is 4.83. The van der Waals surface area contributed by atoms with Gasteiger partial charge in [-0.2, -0.15) is 5.10 Å². The van der Waals surface area contributed by atoms with Gasteiger partial charge in [-0.05, 0) is 78.9 Å². The Morgan fingerprint density at radius 1 is 0.973 bits per heavy atom. The van der Waals surface area contributed by atoms with Crippen molar-refractivity contribution in [3.05, 3.63) is 107 Å². The van der Waals surface area contributed by atoms with E-state index in [1.54, 1.807) is 18.3 Å². The van der Waals surface area contributed by atoms with Gasteiger partial charge in [-0.1, -0.05) is 11.6 Å². The van der Waals surface area contributed by atoms with Crippen molar-refractivity contribution >= 4 is 18.0 Å². The Labute approximate surface area is 216 Å². The van der Waals surface area contributed by atoms with Crippen LogP contribution in [0, 0.1) is 22.9 Å². The molecule has 188 valence electrons. The van der Waals surface area contributed by atoms with Gasteiger partial charge in [0.05, 0.1) is 17.6 Å². The van der Waals surface area contributed by atoms with Gasteiger partial charge in [-0.15, -0.1) is 0 Å². The summed E-state index contributed by atoms with van der Waals surface area (Å²) in [5, 5.41) is 4.61. The Bertz CT molecular complexity index is 1440. The van der Waals surface area contributed by atoms with Gasteiger partial charge in [-0.3, -0.25) is 0 Å². The van der Waals surface area contributed by atoms with Crippen molar-refractivity contribution in [2.75, 3.05) is 19.7 Å². The molecule has 0 radical (unpaired) electrons. The van der Waals surface area contributed by atoms with Crippen molar-refractivity contribution in [2.45, 2.75) is 17.7 Å². The number of pyridine rings is 1. The Morgan fingerprint density at radius 3 is 2.54 bits per heavy atom. The van der Waals surface area contributed by atoms with Crippen molar-refractivity contribution in [1.29, 1.82) is 0 Å². The maximum Gasteiger partial charge on any atom is 0.213 e. The highest BCUT2D eigenvalue weighted by Gasteiger charge is 2.44. The highest BCUT2D eigenvalue weighted by molar-refractivity contribution is 7.97. The summed E-state index contributed by atoms with van der Waals surface area (Å²) in [5.74, 6) is -0.939. The standard InChI is InChI=1S/C28H23F3N4OS/c29-21-4-6-24(7-5-21)35-26-11-20-8-10-34(37-25-13-22(30)12-23(31)14-25)17-28(20,15-19(26)16-33-35)18-36-27-3-1-2-9-32-27/h1-7,9,11-14,16H,8,10,15,17-18H2/t28-/m1/s1. The lowest BCUT2D eigenvalue weighted by Gasteiger charge is -2.45. The van der Waals surface area contributed by atoms with Gasteiger partial charge in [0, 0.05) is 41.7 Å². The number of rotatable bonds is 6. The number of ether oxygens (including phenoxy) is 1. The van der Waals surface area contributed by atoms with E-state index in [4.69, 9.17) is 4.74 Å². The average Bonchev–Trinajstić information content (AvgIpc) is 3.29. The summed E-state index contributed by atoms with van der Waals surface area (Å²) in [6.07, 6.45) is 7.14. The van der Waals surface area contributed by atoms with Gasteiger partial charge >= 0.3 is 0 Å². The molecule has 4 aromatic rings. The molecule has 1 saturated heterocycles. The molecule has 1 atom stereocenters. The van der Waals surface area contributed by atoms with Crippen molar-refractivity contribution in [3.63, 3.8) is 0 Å². The maximum atomic E-state index is 13.8. The lowest BCUT2D eigenvalue weighted by Crippen LogP contribution is -2.48. The van der Waals surface area contributed by atoms with Crippen molar-refractivity contribution in [1.82, 2.24) is 19.1 Å². The fraction of sp³-hybridized carbons (Fsp3) is 0.214. The molecule has 9 heteroatoms. The number of hydrogen-bond acceptors (Lipinski definition) is 5. The SMILES string of the molecule is Fc1ccc(-n2ncc3c2C=C2CCN(Sc4cc(F)cc(F)c4)C[C@@]2(COc2ccccn2)C3)cc1. The summed E-state index contributed by atoms with van der Waals surface area (Å²) in [5.41, 5.74) is 3.67. The van der Waals surface area contributed by atoms with E-state index in [-0.39, 0.29) is 11.2 Å². The van der Waals surface area contributed by atoms with Crippen LogP contribution in [0.1, 0.15) is 17.7 Å². The highest BCUT2D eigenvalue weighted by Crippen LogP contribution is 2.46. The van der Waals surface area contributed by atoms with E-state index in [2.05, 4.69) is 20.5 Å². The van der Waals surface area contributed by atoms with Crippen LogP contribution in [-0.4, -0.2) is 38.8 Å². The molecule has 2 aromatic heterocycles. The molecule has 6 rings (SSSR count). The molecule has 3 heterocycles. The number of nitrogens with zero attached hydrogens (tertiary/aromatic N) is 4. The van der Waals surface area contributed by atoms with Gasteiger partial charge in [0.2, 0.25) is 5.88 Å². The summed E-state index contributed by atoms with van der Waals surface area (Å²) < 4.78 is 51.3. The van der Waals surface area contributed by atoms with Gasteiger partial charge in [-0.25, -0.2) is 27.1 Å². The quantitative estimate of drug-likeness (QED) is 0.288. The third-order valence-electron chi connectivity index (χ3n) is 6.79. The summed E-state index contributed by atoms with van der Waals surface area (Å²) in [6, 6.07) is 15.4. The molecule has 0 bridgehead atoms. The van der Waals surface area contributed by atoms with Gasteiger partial charge < -0.3 is 4.74 Å². The van der Waals surface area contributed by atoms with E-state index in [0.717, 1.165) is 29.4 Å². The molecule has 0 N–H and O–H groups in total. The minimum atomic E-state index is -0.594. The summed E-state index contributed by atoms with van der Waals surface area (Å²) in [6.45, 7) is 1.72. The third-order valence-corrected chi connectivity index (χ3v) is 7.81. The minimum Gasteiger partial charge on any atom is -0.477 e. The van der Waals surface area contributed by atoms with Crippen molar-refractivity contribution in [3.8, 4) is 11.6 Å². The molecule has 1 aliphatic carbocycles. The van der Waals surface area contributed by atoms with E-state index in [0.29, 0.717) is 36.9 Å². The Hall–Kier alpha value is -3.56. The third kappa shape index (κ3) is 4.89. The van der Waals surface area contributed by atoms with Crippen molar-refractivity contribution in [2.24, 2.45) is 5.41 Å². The largest absolute Gasteiger partial charge is 0.477 e. The van der Waals surface area contributed by atoms with Crippen LogP contribution < -0.4 is 4.74 Å². The van der Waals surface area contributed by atoms with E-state index in [1.165, 1.54) is 41.8 Å². The smallest absolute Gasteiger partial charge is 0.213 e. The molecule has 1 fully saturated rings. The molecular formula is C28H23F3N4OS. The van der Waals surface area contributed by atoms with Crippen LogP contribution in [0.25, 0.3) is 11.8 Å². The minimum absolute atomic E-state index is 0.295. The molecule has 1 aliphatic heterocycles. The lowest BCUT2D eigenvalue weighted by molar-refractivity contribution is 0.126. The number of hydrogen-bond donors (Lipinski definition) is 0. The first-order valence-electron chi connectivity index (χ1n) is 11.9. The lowest BCUT2D eigenvalue weighted by atomic mass is 9.69. The fourth-order valence-electron chi connectivity index (χ4n) is 5.06. The average molecular weight is 521 g/mol.